The van der Waals surface area contributed by atoms with Crippen molar-refractivity contribution >= 4 is 15.9 Å². The van der Waals surface area contributed by atoms with Gasteiger partial charge in [-0.15, -0.1) is 0 Å². The fraction of sp³-hybridized carbons (Fsp3) is 0.714. The van der Waals surface area contributed by atoms with Gasteiger partial charge in [-0.25, -0.2) is 0 Å². The van der Waals surface area contributed by atoms with Gasteiger partial charge in [-0.05, 0) is 19.8 Å². The van der Waals surface area contributed by atoms with Crippen molar-refractivity contribution in [2.75, 3.05) is 5.33 Å². The second-order valence-corrected chi connectivity index (χ2v) is 2.67. The van der Waals surface area contributed by atoms with Crippen molar-refractivity contribution < 1.29 is 0 Å². The van der Waals surface area contributed by atoms with Gasteiger partial charge in [0, 0.05) is 5.33 Å². The molecule has 0 N–H and O–H groups in total. The molecule has 0 aromatic rings. The van der Waals surface area contributed by atoms with Gasteiger partial charge in [0.15, 0.2) is 0 Å². The molecule has 0 atom stereocenters. The second kappa shape index (κ2) is 5.36. The van der Waals surface area contributed by atoms with E-state index in [0.717, 1.165) is 5.33 Å². The fourth-order valence-electron chi connectivity index (χ4n) is 0.445. The Kier molecular flexibility index (Phi) is 5.51. The van der Waals surface area contributed by atoms with E-state index in [0.29, 0.717) is 0 Å². The number of hydrogen-bond donors (Lipinski definition) is 0. The molecule has 0 spiro atoms. The predicted molar refractivity (Wildman–Crippen MR) is 42.5 cm³/mol. The average Bonchev–Trinajstić information content (AvgIpc) is 1.83. The number of alkyl halides is 1. The van der Waals surface area contributed by atoms with E-state index in [2.05, 4.69) is 35.9 Å². The molecule has 0 fully saturated rings. The highest BCUT2D eigenvalue weighted by atomic mass is 79.9. The summed E-state index contributed by atoms with van der Waals surface area (Å²) in [6, 6.07) is 0. The normalized spacial score (nSPS) is 12.1. The maximum absolute atomic E-state index is 3.36. The van der Waals surface area contributed by atoms with Crippen LogP contribution in [0.3, 0.4) is 0 Å². The molecule has 0 aliphatic carbocycles. The van der Waals surface area contributed by atoms with Gasteiger partial charge >= 0.3 is 0 Å². The zero-order valence-corrected chi connectivity index (χ0v) is 7.16. The van der Waals surface area contributed by atoms with E-state index >= 15 is 0 Å². The summed E-state index contributed by atoms with van der Waals surface area (Å²) in [6.45, 7) is 4.35. The molecule has 8 heavy (non-hydrogen) atoms. The first-order valence-corrected chi connectivity index (χ1v) is 4.15. The molecule has 0 aromatic carbocycles. The van der Waals surface area contributed by atoms with Crippen LogP contribution in [-0.2, 0) is 0 Å². The molecular formula is C7H13Br. The zero-order chi connectivity index (χ0) is 6.41. The van der Waals surface area contributed by atoms with Crippen molar-refractivity contribution in [3.8, 4) is 0 Å². The predicted octanol–water partition coefficient (Wildman–Crippen LogP) is 3.13. The Bertz CT molecular complexity index is 74.5. The lowest BCUT2D eigenvalue weighted by Gasteiger charge is -1.90. The first kappa shape index (κ1) is 8.22. The highest BCUT2D eigenvalue weighted by molar-refractivity contribution is 9.09. The Balaban J connectivity index is 3.26. The van der Waals surface area contributed by atoms with Gasteiger partial charge in [0.25, 0.3) is 0 Å². The molecule has 0 amide bonds. The van der Waals surface area contributed by atoms with Crippen molar-refractivity contribution in [2.45, 2.75) is 26.7 Å². The van der Waals surface area contributed by atoms with Gasteiger partial charge in [0.05, 0.1) is 0 Å². The summed E-state index contributed by atoms with van der Waals surface area (Å²) in [5.41, 5.74) is 1.49. The summed E-state index contributed by atoms with van der Waals surface area (Å²) >= 11 is 3.36. The van der Waals surface area contributed by atoms with Crippen LogP contribution < -0.4 is 0 Å². The minimum Gasteiger partial charge on any atom is -0.0925 e. The van der Waals surface area contributed by atoms with E-state index in [1.807, 2.05) is 0 Å². The maximum atomic E-state index is 3.36. The second-order valence-electron chi connectivity index (χ2n) is 1.88. The van der Waals surface area contributed by atoms with Crippen molar-refractivity contribution in [2.24, 2.45) is 0 Å². The van der Waals surface area contributed by atoms with Crippen LogP contribution in [0, 0.1) is 0 Å². The lowest BCUT2D eigenvalue weighted by molar-refractivity contribution is 1.06. The smallest absolute Gasteiger partial charge is 0.00660 e. The first-order valence-electron chi connectivity index (χ1n) is 3.02. The Labute approximate surface area is 60.1 Å². The standard InChI is InChI=1S/C7H13Br/c1-3-7(2)5-4-6-8/h5H,3-4,6H2,1-2H3/b7-5+. The fourth-order valence-corrected chi connectivity index (χ4v) is 0.674. The lowest BCUT2D eigenvalue weighted by atomic mass is 10.2. The Morgan fingerprint density at radius 2 is 2.25 bits per heavy atom. The van der Waals surface area contributed by atoms with Gasteiger partial charge in [-0.2, -0.15) is 0 Å². The average molecular weight is 177 g/mol. The van der Waals surface area contributed by atoms with Crippen LogP contribution in [0.25, 0.3) is 0 Å². The van der Waals surface area contributed by atoms with Crippen molar-refractivity contribution in [3.63, 3.8) is 0 Å². The minimum atomic E-state index is 1.09. The van der Waals surface area contributed by atoms with Gasteiger partial charge in [0.1, 0.15) is 0 Å². The third kappa shape index (κ3) is 4.38. The zero-order valence-electron chi connectivity index (χ0n) is 5.58. The highest BCUT2D eigenvalue weighted by Gasteiger charge is 1.80. The molecule has 48 valence electrons. The summed E-state index contributed by atoms with van der Waals surface area (Å²) in [5, 5.41) is 1.09. The van der Waals surface area contributed by atoms with Crippen LogP contribution in [0.4, 0.5) is 0 Å². The van der Waals surface area contributed by atoms with Gasteiger partial charge in [0.2, 0.25) is 0 Å². The molecule has 0 aliphatic rings. The summed E-state index contributed by atoms with van der Waals surface area (Å²) in [6.07, 6.45) is 4.63. The highest BCUT2D eigenvalue weighted by Crippen LogP contribution is 2.00. The Morgan fingerprint density at radius 1 is 1.62 bits per heavy atom. The molecule has 0 heterocycles. The molecule has 0 unspecified atom stereocenters. The first-order chi connectivity index (χ1) is 3.81. The van der Waals surface area contributed by atoms with Crippen molar-refractivity contribution in [1.82, 2.24) is 0 Å². The van der Waals surface area contributed by atoms with Crippen LogP contribution in [0.1, 0.15) is 26.7 Å². The minimum absolute atomic E-state index is 1.09. The number of allylic oxidation sites excluding steroid dienone is 2. The monoisotopic (exact) mass is 176 g/mol. The quantitative estimate of drug-likeness (QED) is 0.459. The molecule has 0 saturated heterocycles. The molecule has 0 aromatic heterocycles. The van der Waals surface area contributed by atoms with E-state index in [9.17, 15) is 0 Å². The number of hydrogen-bond acceptors (Lipinski definition) is 0. The third-order valence-corrected chi connectivity index (χ3v) is 1.62. The summed E-state index contributed by atoms with van der Waals surface area (Å²) in [4.78, 5) is 0. The number of rotatable bonds is 3. The topological polar surface area (TPSA) is 0 Å². The molecule has 0 rings (SSSR count). The van der Waals surface area contributed by atoms with Crippen LogP contribution in [0.15, 0.2) is 11.6 Å². The largest absolute Gasteiger partial charge is 0.0925 e. The Hall–Kier alpha value is 0.220. The third-order valence-electron chi connectivity index (χ3n) is 1.16. The molecule has 0 bridgehead atoms. The van der Waals surface area contributed by atoms with E-state index in [1.165, 1.54) is 18.4 Å². The van der Waals surface area contributed by atoms with Gasteiger partial charge < -0.3 is 0 Å². The van der Waals surface area contributed by atoms with E-state index in [4.69, 9.17) is 0 Å². The maximum Gasteiger partial charge on any atom is 0.00660 e. The SMILES string of the molecule is CC/C(C)=C/CCBr. The Morgan fingerprint density at radius 3 is 2.62 bits per heavy atom. The summed E-state index contributed by atoms with van der Waals surface area (Å²) < 4.78 is 0. The summed E-state index contributed by atoms with van der Waals surface area (Å²) in [5.74, 6) is 0. The molecule has 0 radical (unpaired) electrons. The van der Waals surface area contributed by atoms with E-state index in [-0.39, 0.29) is 0 Å². The molecule has 1 heteroatoms. The van der Waals surface area contributed by atoms with E-state index < -0.39 is 0 Å². The number of halogens is 1. The summed E-state index contributed by atoms with van der Waals surface area (Å²) in [7, 11) is 0. The van der Waals surface area contributed by atoms with Crippen molar-refractivity contribution in [3.05, 3.63) is 11.6 Å². The molecule has 0 aliphatic heterocycles. The van der Waals surface area contributed by atoms with E-state index in [1.54, 1.807) is 0 Å². The van der Waals surface area contributed by atoms with Crippen LogP contribution in [0.2, 0.25) is 0 Å². The van der Waals surface area contributed by atoms with Crippen molar-refractivity contribution in [1.29, 1.82) is 0 Å². The van der Waals surface area contributed by atoms with Crippen LogP contribution in [-0.4, -0.2) is 5.33 Å². The molecule has 0 saturated carbocycles. The van der Waals surface area contributed by atoms with Crippen LogP contribution >= 0.6 is 15.9 Å². The van der Waals surface area contributed by atoms with Gasteiger partial charge in [-0.3, -0.25) is 0 Å². The van der Waals surface area contributed by atoms with Gasteiger partial charge in [-0.1, -0.05) is 34.5 Å². The molecular weight excluding hydrogens is 164 g/mol. The van der Waals surface area contributed by atoms with Crippen LogP contribution in [0.5, 0.6) is 0 Å². The molecule has 0 nitrogen and oxygen atoms in total. The lowest BCUT2D eigenvalue weighted by Crippen LogP contribution is -1.72.